The fourth-order valence-electron chi connectivity index (χ4n) is 4.55. The van der Waals surface area contributed by atoms with Gasteiger partial charge >= 0.3 is 0 Å². The smallest absolute Gasteiger partial charge is 0.0879 e. The number of ether oxygens (including phenoxy) is 1. The SMILES string of the molecule is NCC(OCc1ccccc1CCl)C(c1ccccc1)(c1ccccc1)c1ccccc1. The Morgan fingerprint density at radius 3 is 1.44 bits per heavy atom. The van der Waals surface area contributed by atoms with E-state index in [4.69, 9.17) is 22.1 Å². The first-order valence-corrected chi connectivity index (χ1v) is 11.4. The van der Waals surface area contributed by atoms with Crippen LogP contribution in [-0.2, 0) is 22.6 Å². The predicted molar refractivity (Wildman–Crippen MR) is 133 cm³/mol. The highest BCUT2D eigenvalue weighted by Gasteiger charge is 2.44. The van der Waals surface area contributed by atoms with Crippen LogP contribution in [0.1, 0.15) is 27.8 Å². The molecule has 1 unspecified atom stereocenters. The molecule has 0 fully saturated rings. The lowest BCUT2D eigenvalue weighted by atomic mass is 9.65. The van der Waals surface area contributed by atoms with E-state index in [0.717, 1.165) is 27.8 Å². The molecule has 32 heavy (non-hydrogen) atoms. The van der Waals surface area contributed by atoms with Gasteiger partial charge in [-0.15, -0.1) is 11.6 Å². The van der Waals surface area contributed by atoms with Crippen LogP contribution < -0.4 is 5.73 Å². The van der Waals surface area contributed by atoms with Gasteiger partial charge in [0, 0.05) is 12.4 Å². The second kappa shape index (κ2) is 10.6. The summed E-state index contributed by atoms with van der Waals surface area (Å²) in [6.07, 6.45) is -0.293. The van der Waals surface area contributed by atoms with Gasteiger partial charge in [0.25, 0.3) is 0 Å². The lowest BCUT2D eigenvalue weighted by Gasteiger charge is -2.42. The number of nitrogens with two attached hydrogens (primary N) is 1. The van der Waals surface area contributed by atoms with E-state index in [1.807, 2.05) is 36.4 Å². The van der Waals surface area contributed by atoms with Crippen LogP contribution in [0.4, 0.5) is 0 Å². The minimum absolute atomic E-state index is 0.293. The molecule has 0 radical (unpaired) electrons. The van der Waals surface area contributed by atoms with Crippen molar-refractivity contribution >= 4 is 11.6 Å². The van der Waals surface area contributed by atoms with E-state index in [1.165, 1.54) is 0 Å². The average Bonchev–Trinajstić information content (AvgIpc) is 2.88. The quantitative estimate of drug-likeness (QED) is 0.244. The molecule has 4 aromatic carbocycles. The maximum absolute atomic E-state index is 6.66. The van der Waals surface area contributed by atoms with Gasteiger partial charge < -0.3 is 10.5 Å². The lowest BCUT2D eigenvalue weighted by molar-refractivity contribution is 0.0142. The standard InChI is InChI=1S/C29H28ClNO/c30-20-23-12-10-11-13-24(23)22-32-28(21-31)29(25-14-4-1-5-15-25,26-16-6-2-7-17-26)27-18-8-3-9-19-27/h1-19,28H,20-22,31H2. The molecule has 2 nitrogen and oxygen atoms in total. The van der Waals surface area contributed by atoms with Crippen molar-refractivity contribution in [3.05, 3.63) is 143 Å². The fraction of sp³-hybridized carbons (Fsp3) is 0.172. The number of alkyl halides is 1. The minimum atomic E-state index is -0.561. The predicted octanol–water partition coefficient (Wildman–Crippen LogP) is 6.30. The highest BCUT2D eigenvalue weighted by molar-refractivity contribution is 6.17. The molecule has 2 N–H and O–H groups in total. The lowest BCUT2D eigenvalue weighted by Crippen LogP contribution is -2.47. The number of hydrogen-bond acceptors (Lipinski definition) is 2. The molecular weight excluding hydrogens is 414 g/mol. The molecule has 0 amide bonds. The second-order valence-electron chi connectivity index (χ2n) is 7.84. The first kappa shape index (κ1) is 22.3. The number of hydrogen-bond donors (Lipinski definition) is 1. The molecule has 0 aliphatic carbocycles. The summed E-state index contributed by atoms with van der Waals surface area (Å²) >= 11 is 6.18. The Hall–Kier alpha value is -2.91. The van der Waals surface area contributed by atoms with E-state index in [1.54, 1.807) is 0 Å². The Kier molecular flexibility index (Phi) is 7.39. The maximum Gasteiger partial charge on any atom is 0.0879 e. The van der Waals surface area contributed by atoms with Crippen molar-refractivity contribution in [2.75, 3.05) is 6.54 Å². The molecule has 3 heteroatoms. The first-order valence-electron chi connectivity index (χ1n) is 10.9. The molecule has 0 saturated carbocycles. The topological polar surface area (TPSA) is 35.2 Å². The third-order valence-electron chi connectivity index (χ3n) is 6.09. The average molecular weight is 442 g/mol. The van der Waals surface area contributed by atoms with Crippen LogP contribution in [0.2, 0.25) is 0 Å². The molecule has 4 rings (SSSR count). The van der Waals surface area contributed by atoms with Crippen LogP contribution in [-0.4, -0.2) is 12.6 Å². The van der Waals surface area contributed by atoms with Crippen LogP contribution in [0, 0.1) is 0 Å². The van der Waals surface area contributed by atoms with Crippen molar-refractivity contribution in [2.24, 2.45) is 5.73 Å². The fourth-order valence-corrected chi connectivity index (χ4v) is 4.81. The third-order valence-corrected chi connectivity index (χ3v) is 6.37. The summed E-state index contributed by atoms with van der Waals surface area (Å²) in [5, 5.41) is 0. The Labute approximate surface area is 195 Å². The zero-order valence-corrected chi connectivity index (χ0v) is 18.8. The van der Waals surface area contributed by atoms with Crippen molar-refractivity contribution < 1.29 is 4.74 Å². The monoisotopic (exact) mass is 441 g/mol. The van der Waals surface area contributed by atoms with Crippen molar-refractivity contribution in [1.29, 1.82) is 0 Å². The van der Waals surface area contributed by atoms with E-state index in [9.17, 15) is 0 Å². The molecular formula is C29H28ClNO. The number of benzene rings is 4. The molecule has 0 bridgehead atoms. The van der Waals surface area contributed by atoms with Gasteiger partial charge in [0.2, 0.25) is 0 Å². The Bertz CT molecular complexity index is 1000. The molecule has 162 valence electrons. The summed E-state index contributed by atoms with van der Waals surface area (Å²) in [5.74, 6) is 0.452. The second-order valence-corrected chi connectivity index (χ2v) is 8.11. The van der Waals surface area contributed by atoms with Gasteiger partial charge in [0.15, 0.2) is 0 Å². The van der Waals surface area contributed by atoms with Gasteiger partial charge in [-0.05, 0) is 27.8 Å². The summed E-state index contributed by atoms with van der Waals surface area (Å²) in [6.45, 7) is 0.806. The van der Waals surface area contributed by atoms with Crippen molar-refractivity contribution in [3.8, 4) is 0 Å². The molecule has 0 aliphatic rings. The Morgan fingerprint density at radius 1 is 0.625 bits per heavy atom. The summed E-state index contributed by atoms with van der Waals surface area (Å²) in [7, 11) is 0. The highest BCUT2D eigenvalue weighted by Crippen LogP contribution is 2.43. The van der Waals surface area contributed by atoms with Gasteiger partial charge in [0.1, 0.15) is 0 Å². The molecule has 0 heterocycles. The summed E-state index contributed by atoms with van der Waals surface area (Å²) in [4.78, 5) is 0. The van der Waals surface area contributed by atoms with Gasteiger partial charge in [-0.3, -0.25) is 0 Å². The third kappa shape index (κ3) is 4.35. The van der Waals surface area contributed by atoms with E-state index < -0.39 is 5.41 Å². The molecule has 0 aromatic heterocycles. The molecule has 0 spiro atoms. The van der Waals surface area contributed by atoms with Crippen LogP contribution in [0.25, 0.3) is 0 Å². The van der Waals surface area contributed by atoms with E-state index >= 15 is 0 Å². The summed E-state index contributed by atoms with van der Waals surface area (Å²) in [6, 6.07) is 39.7. The van der Waals surface area contributed by atoms with E-state index in [2.05, 4.69) is 78.9 Å². The molecule has 1 atom stereocenters. The first-order chi connectivity index (χ1) is 15.8. The largest absolute Gasteiger partial charge is 0.371 e. The number of rotatable bonds is 9. The molecule has 0 aliphatic heterocycles. The van der Waals surface area contributed by atoms with Crippen LogP contribution in [0.3, 0.4) is 0 Å². The summed E-state index contributed by atoms with van der Waals surface area (Å²) in [5.41, 5.74) is 11.5. The summed E-state index contributed by atoms with van der Waals surface area (Å²) < 4.78 is 6.66. The van der Waals surface area contributed by atoms with Crippen molar-refractivity contribution in [1.82, 2.24) is 0 Å². The molecule has 4 aromatic rings. The van der Waals surface area contributed by atoms with E-state index in [0.29, 0.717) is 19.0 Å². The van der Waals surface area contributed by atoms with Crippen LogP contribution in [0.5, 0.6) is 0 Å². The Balaban J connectivity index is 1.87. The Morgan fingerprint density at radius 2 is 1.03 bits per heavy atom. The zero-order valence-electron chi connectivity index (χ0n) is 18.0. The van der Waals surface area contributed by atoms with Crippen LogP contribution in [0.15, 0.2) is 115 Å². The van der Waals surface area contributed by atoms with Crippen molar-refractivity contribution in [3.63, 3.8) is 0 Å². The zero-order chi connectivity index (χ0) is 22.2. The highest BCUT2D eigenvalue weighted by atomic mass is 35.5. The van der Waals surface area contributed by atoms with Gasteiger partial charge in [-0.25, -0.2) is 0 Å². The minimum Gasteiger partial charge on any atom is -0.371 e. The van der Waals surface area contributed by atoms with Gasteiger partial charge in [-0.2, -0.15) is 0 Å². The maximum atomic E-state index is 6.66. The van der Waals surface area contributed by atoms with E-state index in [-0.39, 0.29) is 6.10 Å². The molecule has 0 saturated heterocycles. The van der Waals surface area contributed by atoms with Gasteiger partial charge in [0.05, 0.1) is 18.1 Å². The van der Waals surface area contributed by atoms with Crippen LogP contribution >= 0.6 is 11.6 Å². The van der Waals surface area contributed by atoms with Crippen molar-refractivity contribution in [2.45, 2.75) is 24.0 Å². The number of halogens is 1. The van der Waals surface area contributed by atoms with Gasteiger partial charge in [-0.1, -0.05) is 115 Å². The normalized spacial score (nSPS) is 12.4.